The zero-order valence-corrected chi connectivity index (χ0v) is 9.58. The molecule has 1 aromatic heterocycles. The average molecular weight is 194 g/mol. The van der Waals surface area contributed by atoms with Crippen molar-refractivity contribution >= 4 is 11.3 Å². The zero-order valence-electron chi connectivity index (χ0n) is 8.76. The summed E-state index contributed by atoms with van der Waals surface area (Å²) in [5.41, 5.74) is 3.20. The highest BCUT2D eigenvalue weighted by atomic mass is 32.1. The quantitative estimate of drug-likeness (QED) is 0.545. The van der Waals surface area contributed by atoms with Gasteiger partial charge in [-0.15, -0.1) is 11.3 Å². The molecule has 1 heterocycles. The predicted molar refractivity (Wildman–Crippen MR) is 59.6 cm³/mol. The number of rotatable bonds is 0. The number of aryl methyl sites for hydroxylation is 2. The summed E-state index contributed by atoms with van der Waals surface area (Å²) in [7, 11) is 0. The van der Waals surface area contributed by atoms with E-state index in [4.69, 9.17) is 0 Å². The van der Waals surface area contributed by atoms with Crippen LogP contribution in [0.25, 0.3) is 0 Å². The molecule has 1 aromatic rings. The van der Waals surface area contributed by atoms with E-state index < -0.39 is 0 Å². The molecule has 1 heteroatoms. The molecule has 0 N–H and O–H groups in total. The van der Waals surface area contributed by atoms with Crippen LogP contribution in [-0.4, -0.2) is 0 Å². The van der Waals surface area contributed by atoms with E-state index in [9.17, 15) is 0 Å². The molecule has 0 bridgehead atoms. The van der Waals surface area contributed by atoms with Crippen molar-refractivity contribution in [1.29, 1.82) is 0 Å². The Morgan fingerprint density at radius 3 is 2.92 bits per heavy atom. The molecule has 1 aliphatic rings. The van der Waals surface area contributed by atoms with Crippen LogP contribution in [0.4, 0.5) is 0 Å². The standard InChI is InChI=1S/C12H18S/c1-8-4-5-11-12(9(2)6-8)10(3)7-13-11/h7-9H,4-6H2,1-3H3. The van der Waals surface area contributed by atoms with Gasteiger partial charge in [-0.3, -0.25) is 0 Å². The summed E-state index contributed by atoms with van der Waals surface area (Å²) in [6, 6.07) is 0. The second kappa shape index (κ2) is 3.45. The Balaban J connectivity index is 2.37. The Labute approximate surface area is 85.0 Å². The Kier molecular flexibility index (Phi) is 2.46. The van der Waals surface area contributed by atoms with Crippen molar-refractivity contribution in [2.45, 2.75) is 46.0 Å². The molecule has 1 aliphatic carbocycles. The third kappa shape index (κ3) is 1.67. The molecule has 0 fully saturated rings. The van der Waals surface area contributed by atoms with Crippen molar-refractivity contribution in [2.75, 3.05) is 0 Å². The maximum absolute atomic E-state index is 2.39. The van der Waals surface area contributed by atoms with Gasteiger partial charge in [-0.05, 0) is 54.5 Å². The molecule has 0 radical (unpaired) electrons. The summed E-state index contributed by atoms with van der Waals surface area (Å²) < 4.78 is 0. The molecule has 13 heavy (non-hydrogen) atoms. The molecule has 2 rings (SSSR count). The van der Waals surface area contributed by atoms with Crippen LogP contribution in [0, 0.1) is 12.8 Å². The highest BCUT2D eigenvalue weighted by molar-refractivity contribution is 7.10. The summed E-state index contributed by atoms with van der Waals surface area (Å²) in [5, 5.41) is 2.33. The Morgan fingerprint density at radius 1 is 1.38 bits per heavy atom. The van der Waals surface area contributed by atoms with E-state index in [1.807, 2.05) is 11.3 Å². The highest BCUT2D eigenvalue weighted by Crippen LogP contribution is 2.38. The maximum Gasteiger partial charge on any atom is 0.00827 e. The van der Waals surface area contributed by atoms with Crippen LogP contribution >= 0.6 is 11.3 Å². The van der Waals surface area contributed by atoms with Crippen molar-refractivity contribution < 1.29 is 0 Å². The Hall–Kier alpha value is -0.300. The maximum atomic E-state index is 2.39. The van der Waals surface area contributed by atoms with Crippen LogP contribution in [0.1, 0.15) is 48.6 Å². The van der Waals surface area contributed by atoms with Crippen LogP contribution in [0.3, 0.4) is 0 Å². The lowest BCUT2D eigenvalue weighted by Gasteiger charge is -2.13. The topological polar surface area (TPSA) is 0 Å². The van der Waals surface area contributed by atoms with E-state index in [1.165, 1.54) is 24.8 Å². The lowest BCUT2D eigenvalue weighted by molar-refractivity contribution is 0.472. The second-order valence-corrected chi connectivity index (χ2v) is 5.50. The lowest BCUT2D eigenvalue weighted by atomic mass is 9.92. The molecule has 0 aromatic carbocycles. The predicted octanol–water partition coefficient (Wildman–Crippen LogP) is 4.13. The smallest absolute Gasteiger partial charge is 0.00827 e. The van der Waals surface area contributed by atoms with Crippen LogP contribution < -0.4 is 0 Å². The largest absolute Gasteiger partial charge is 0.148 e. The molecule has 0 amide bonds. The van der Waals surface area contributed by atoms with Crippen molar-refractivity contribution in [2.24, 2.45) is 5.92 Å². The van der Waals surface area contributed by atoms with Crippen LogP contribution in [0.2, 0.25) is 0 Å². The van der Waals surface area contributed by atoms with Gasteiger partial charge in [-0.25, -0.2) is 0 Å². The van der Waals surface area contributed by atoms with Crippen LogP contribution in [0.15, 0.2) is 5.38 Å². The van der Waals surface area contributed by atoms with Gasteiger partial charge in [0.2, 0.25) is 0 Å². The fourth-order valence-corrected chi connectivity index (χ4v) is 3.75. The van der Waals surface area contributed by atoms with Crippen molar-refractivity contribution in [3.8, 4) is 0 Å². The van der Waals surface area contributed by atoms with Crippen molar-refractivity contribution in [3.63, 3.8) is 0 Å². The molecular formula is C12H18S. The van der Waals surface area contributed by atoms with Crippen LogP contribution in [-0.2, 0) is 6.42 Å². The lowest BCUT2D eigenvalue weighted by Crippen LogP contribution is -1.98. The van der Waals surface area contributed by atoms with Gasteiger partial charge in [-0.2, -0.15) is 0 Å². The summed E-state index contributed by atoms with van der Waals surface area (Å²) in [4.78, 5) is 1.66. The first-order chi connectivity index (χ1) is 6.18. The second-order valence-electron chi connectivity index (χ2n) is 4.54. The average Bonchev–Trinajstić information content (AvgIpc) is 2.36. The number of fused-ring (bicyclic) bond motifs is 1. The molecule has 2 atom stereocenters. The molecule has 0 aliphatic heterocycles. The number of thiophene rings is 1. The van der Waals surface area contributed by atoms with E-state index in [1.54, 1.807) is 10.4 Å². The van der Waals surface area contributed by atoms with Gasteiger partial charge in [0.15, 0.2) is 0 Å². The summed E-state index contributed by atoms with van der Waals surface area (Å²) in [5.74, 6) is 1.70. The van der Waals surface area contributed by atoms with E-state index in [2.05, 4.69) is 26.2 Å². The first kappa shape index (κ1) is 9.26. The molecule has 0 nitrogen and oxygen atoms in total. The molecular weight excluding hydrogens is 176 g/mol. The van der Waals surface area contributed by atoms with Crippen LogP contribution in [0.5, 0.6) is 0 Å². The van der Waals surface area contributed by atoms with E-state index >= 15 is 0 Å². The highest BCUT2D eigenvalue weighted by Gasteiger charge is 2.21. The number of hydrogen-bond acceptors (Lipinski definition) is 1. The molecule has 0 saturated carbocycles. The zero-order chi connectivity index (χ0) is 9.42. The monoisotopic (exact) mass is 194 g/mol. The fourth-order valence-electron chi connectivity index (χ4n) is 2.58. The summed E-state index contributed by atoms with van der Waals surface area (Å²) >= 11 is 1.97. The molecule has 72 valence electrons. The normalized spacial score (nSPS) is 28.2. The number of hydrogen-bond donors (Lipinski definition) is 0. The van der Waals surface area contributed by atoms with Crippen molar-refractivity contribution in [1.82, 2.24) is 0 Å². The minimum absolute atomic E-state index is 0.791. The third-order valence-electron chi connectivity index (χ3n) is 3.22. The third-order valence-corrected chi connectivity index (χ3v) is 4.40. The summed E-state index contributed by atoms with van der Waals surface area (Å²) in [6.45, 7) is 7.05. The summed E-state index contributed by atoms with van der Waals surface area (Å²) in [6.07, 6.45) is 4.08. The van der Waals surface area contributed by atoms with Gasteiger partial charge in [-0.1, -0.05) is 13.8 Å². The molecule has 0 saturated heterocycles. The van der Waals surface area contributed by atoms with Crippen molar-refractivity contribution in [3.05, 3.63) is 21.4 Å². The van der Waals surface area contributed by atoms with E-state index in [-0.39, 0.29) is 0 Å². The molecule has 2 unspecified atom stereocenters. The fraction of sp³-hybridized carbons (Fsp3) is 0.667. The van der Waals surface area contributed by atoms with Gasteiger partial charge < -0.3 is 0 Å². The first-order valence-electron chi connectivity index (χ1n) is 5.25. The SMILES string of the molecule is Cc1csc2c1C(C)CC(C)CC2. The van der Waals surface area contributed by atoms with Gasteiger partial charge in [0.05, 0.1) is 0 Å². The van der Waals surface area contributed by atoms with Gasteiger partial charge in [0.1, 0.15) is 0 Å². The van der Waals surface area contributed by atoms with Gasteiger partial charge in [0.25, 0.3) is 0 Å². The first-order valence-corrected chi connectivity index (χ1v) is 6.13. The van der Waals surface area contributed by atoms with Gasteiger partial charge >= 0.3 is 0 Å². The Morgan fingerprint density at radius 2 is 2.15 bits per heavy atom. The minimum Gasteiger partial charge on any atom is -0.148 e. The van der Waals surface area contributed by atoms with Gasteiger partial charge in [0, 0.05) is 4.88 Å². The Bertz CT molecular complexity index is 298. The van der Waals surface area contributed by atoms with E-state index in [0.717, 1.165) is 11.8 Å². The minimum atomic E-state index is 0.791. The molecule has 0 spiro atoms. The van der Waals surface area contributed by atoms with E-state index in [0.29, 0.717) is 0 Å².